The summed E-state index contributed by atoms with van der Waals surface area (Å²) in [6, 6.07) is 0. The Labute approximate surface area is 97.5 Å². The summed E-state index contributed by atoms with van der Waals surface area (Å²) in [5.41, 5.74) is 0. The molecule has 1 rings (SSSR count). The van der Waals surface area contributed by atoms with Gasteiger partial charge in [-0.05, 0) is 44.7 Å². The van der Waals surface area contributed by atoms with Gasteiger partial charge in [-0.15, -0.1) is 11.6 Å². The first-order valence-corrected chi connectivity index (χ1v) is 7.99. The highest BCUT2D eigenvalue weighted by molar-refractivity contribution is 7.90. The van der Waals surface area contributed by atoms with E-state index in [9.17, 15) is 8.42 Å². The average Bonchev–Trinajstić information content (AvgIpc) is 2.49. The van der Waals surface area contributed by atoms with E-state index in [1.165, 1.54) is 12.7 Å². The van der Waals surface area contributed by atoms with E-state index in [0.717, 1.165) is 25.9 Å². The second-order valence-corrected chi connectivity index (χ2v) is 7.34. The zero-order valence-electron chi connectivity index (χ0n) is 9.21. The molecule has 1 saturated carbocycles. The lowest BCUT2D eigenvalue weighted by Gasteiger charge is -2.10. The summed E-state index contributed by atoms with van der Waals surface area (Å²) >= 11 is 6.00. The molecule has 0 aromatic rings. The molecule has 0 amide bonds. The van der Waals surface area contributed by atoms with Gasteiger partial charge < -0.3 is 5.32 Å². The molecule has 2 unspecified atom stereocenters. The minimum Gasteiger partial charge on any atom is -0.316 e. The van der Waals surface area contributed by atoms with Crippen molar-refractivity contribution in [2.45, 2.75) is 31.1 Å². The average molecular weight is 254 g/mol. The van der Waals surface area contributed by atoms with Gasteiger partial charge in [-0.2, -0.15) is 0 Å². The lowest BCUT2D eigenvalue weighted by Crippen LogP contribution is -2.24. The second kappa shape index (κ2) is 6.06. The quantitative estimate of drug-likeness (QED) is 0.575. The van der Waals surface area contributed by atoms with Gasteiger partial charge in [-0.3, -0.25) is 0 Å². The first-order chi connectivity index (χ1) is 6.97. The highest BCUT2D eigenvalue weighted by Gasteiger charge is 2.21. The molecular weight excluding hydrogens is 234 g/mol. The number of sulfone groups is 1. The monoisotopic (exact) mass is 253 g/mol. The molecule has 0 heterocycles. The van der Waals surface area contributed by atoms with Gasteiger partial charge in [0, 0.05) is 11.6 Å². The van der Waals surface area contributed by atoms with Crippen LogP contribution in [0.2, 0.25) is 0 Å². The molecule has 0 aromatic heterocycles. The Balaban J connectivity index is 1.98. The van der Waals surface area contributed by atoms with Crippen molar-refractivity contribution in [3.63, 3.8) is 0 Å². The van der Waals surface area contributed by atoms with E-state index < -0.39 is 9.84 Å². The van der Waals surface area contributed by atoms with Crippen LogP contribution in [0.4, 0.5) is 0 Å². The number of nitrogens with one attached hydrogen (secondary N) is 1. The van der Waals surface area contributed by atoms with E-state index in [1.807, 2.05) is 0 Å². The van der Waals surface area contributed by atoms with E-state index in [0.29, 0.717) is 17.7 Å². The topological polar surface area (TPSA) is 46.2 Å². The van der Waals surface area contributed by atoms with Crippen molar-refractivity contribution in [3.8, 4) is 0 Å². The highest BCUT2D eigenvalue weighted by Crippen LogP contribution is 2.28. The number of rotatable bonds is 6. The van der Waals surface area contributed by atoms with Crippen LogP contribution in [0.25, 0.3) is 0 Å². The van der Waals surface area contributed by atoms with Gasteiger partial charge in [0.1, 0.15) is 9.84 Å². The van der Waals surface area contributed by atoms with Crippen LogP contribution in [-0.4, -0.2) is 38.9 Å². The number of hydrogen-bond acceptors (Lipinski definition) is 3. The third-order valence-electron chi connectivity index (χ3n) is 2.78. The summed E-state index contributed by atoms with van der Waals surface area (Å²) in [6.07, 6.45) is 5.41. The molecular formula is C10H20ClNO2S. The third-order valence-corrected chi connectivity index (χ3v) is 4.21. The van der Waals surface area contributed by atoms with Crippen LogP contribution in [-0.2, 0) is 9.84 Å². The third kappa shape index (κ3) is 6.38. The van der Waals surface area contributed by atoms with Crippen molar-refractivity contribution < 1.29 is 8.42 Å². The van der Waals surface area contributed by atoms with Gasteiger partial charge in [0.2, 0.25) is 0 Å². The number of halogens is 1. The zero-order chi connectivity index (χ0) is 11.3. The van der Waals surface area contributed by atoms with Crippen molar-refractivity contribution in [1.29, 1.82) is 0 Å². The van der Waals surface area contributed by atoms with E-state index in [-0.39, 0.29) is 5.75 Å². The fourth-order valence-electron chi connectivity index (χ4n) is 1.96. The highest BCUT2D eigenvalue weighted by atomic mass is 35.5. The van der Waals surface area contributed by atoms with Gasteiger partial charge >= 0.3 is 0 Å². The first kappa shape index (κ1) is 13.3. The summed E-state index contributed by atoms with van der Waals surface area (Å²) in [5.74, 6) is 0.966. The fourth-order valence-corrected chi connectivity index (χ4v) is 3.01. The molecule has 3 nitrogen and oxygen atoms in total. The van der Waals surface area contributed by atoms with E-state index in [1.54, 1.807) is 0 Å². The molecule has 90 valence electrons. The van der Waals surface area contributed by atoms with Crippen molar-refractivity contribution in [3.05, 3.63) is 0 Å². The van der Waals surface area contributed by atoms with Crippen molar-refractivity contribution in [2.75, 3.05) is 25.1 Å². The Morgan fingerprint density at radius 1 is 1.40 bits per heavy atom. The second-order valence-electron chi connectivity index (χ2n) is 4.46. The molecule has 0 saturated heterocycles. The van der Waals surface area contributed by atoms with Crippen LogP contribution in [0.15, 0.2) is 0 Å². The number of hydrogen-bond donors (Lipinski definition) is 1. The molecule has 2 atom stereocenters. The predicted octanol–water partition coefficient (Wildman–Crippen LogP) is 1.42. The molecule has 0 radical (unpaired) electrons. The van der Waals surface area contributed by atoms with Crippen molar-refractivity contribution in [2.24, 2.45) is 5.92 Å². The predicted molar refractivity (Wildman–Crippen MR) is 64.2 cm³/mol. The summed E-state index contributed by atoms with van der Waals surface area (Å²) in [7, 11) is -2.79. The van der Waals surface area contributed by atoms with Crippen LogP contribution in [0, 0.1) is 5.92 Å². The van der Waals surface area contributed by atoms with Gasteiger partial charge in [-0.1, -0.05) is 0 Å². The Bertz CT molecular complexity index is 279. The van der Waals surface area contributed by atoms with E-state index in [4.69, 9.17) is 11.6 Å². The maximum absolute atomic E-state index is 10.8. The maximum atomic E-state index is 10.8. The van der Waals surface area contributed by atoms with Gasteiger partial charge in [0.25, 0.3) is 0 Å². The van der Waals surface area contributed by atoms with Gasteiger partial charge in [0.15, 0.2) is 0 Å². The lowest BCUT2D eigenvalue weighted by atomic mass is 10.1. The standard InChI is InChI=1S/C10H20ClNO2S/c1-15(13,14)6-2-5-12-8-9-3-4-10(11)7-9/h9-10,12H,2-8H2,1H3. The summed E-state index contributed by atoms with van der Waals surface area (Å²) in [4.78, 5) is 0. The molecule has 1 fully saturated rings. The zero-order valence-corrected chi connectivity index (χ0v) is 10.8. The molecule has 1 aliphatic carbocycles. The summed E-state index contributed by atoms with van der Waals surface area (Å²) < 4.78 is 21.7. The van der Waals surface area contributed by atoms with E-state index >= 15 is 0 Å². The minimum absolute atomic E-state index is 0.281. The van der Waals surface area contributed by atoms with Crippen LogP contribution >= 0.6 is 11.6 Å². The SMILES string of the molecule is CS(=O)(=O)CCCNCC1CCC(Cl)C1. The summed E-state index contributed by atoms with van der Waals surface area (Å²) in [5, 5.41) is 3.65. The fraction of sp³-hybridized carbons (Fsp3) is 1.00. The Hall–Kier alpha value is 0.200. The molecule has 1 N–H and O–H groups in total. The summed E-state index contributed by atoms with van der Waals surface area (Å²) in [6.45, 7) is 1.77. The van der Waals surface area contributed by atoms with Crippen LogP contribution in [0.5, 0.6) is 0 Å². The van der Waals surface area contributed by atoms with Crippen molar-refractivity contribution in [1.82, 2.24) is 5.32 Å². The molecule has 0 spiro atoms. The molecule has 0 bridgehead atoms. The van der Waals surface area contributed by atoms with Gasteiger partial charge in [-0.25, -0.2) is 8.42 Å². The molecule has 0 aliphatic heterocycles. The Kier molecular flexibility index (Phi) is 5.36. The van der Waals surface area contributed by atoms with Crippen LogP contribution in [0.1, 0.15) is 25.7 Å². The lowest BCUT2D eigenvalue weighted by molar-refractivity contribution is 0.489. The molecule has 15 heavy (non-hydrogen) atoms. The maximum Gasteiger partial charge on any atom is 0.147 e. The van der Waals surface area contributed by atoms with Crippen molar-refractivity contribution >= 4 is 21.4 Å². The minimum atomic E-state index is -2.79. The molecule has 1 aliphatic rings. The van der Waals surface area contributed by atoms with Crippen LogP contribution < -0.4 is 5.32 Å². The molecule has 0 aromatic carbocycles. The largest absolute Gasteiger partial charge is 0.316 e. The Morgan fingerprint density at radius 3 is 2.67 bits per heavy atom. The number of alkyl halides is 1. The normalized spacial score (nSPS) is 27.1. The molecule has 5 heteroatoms. The Morgan fingerprint density at radius 2 is 2.13 bits per heavy atom. The smallest absolute Gasteiger partial charge is 0.147 e. The van der Waals surface area contributed by atoms with Gasteiger partial charge in [0.05, 0.1) is 5.75 Å². The van der Waals surface area contributed by atoms with Crippen LogP contribution in [0.3, 0.4) is 0 Å². The van der Waals surface area contributed by atoms with E-state index in [2.05, 4.69) is 5.32 Å². The first-order valence-electron chi connectivity index (χ1n) is 5.50.